The van der Waals surface area contributed by atoms with Crippen LogP contribution >= 0.6 is 31.9 Å². The van der Waals surface area contributed by atoms with Gasteiger partial charge in [-0.1, -0.05) is 22.9 Å². The average molecular weight is 401 g/mol. The van der Waals surface area contributed by atoms with E-state index in [0.717, 1.165) is 45.6 Å². The molecule has 0 saturated heterocycles. The summed E-state index contributed by atoms with van der Waals surface area (Å²) in [6, 6.07) is 6.30. The van der Waals surface area contributed by atoms with Crippen LogP contribution in [-0.4, -0.2) is 13.2 Å². The Morgan fingerprint density at radius 2 is 2.15 bits per heavy atom. The number of furan rings is 1. The number of halogens is 2. The molecule has 0 bridgehead atoms. The highest BCUT2D eigenvalue weighted by atomic mass is 79.9. The largest absolute Gasteiger partial charge is 0.493 e. The molecule has 1 N–H and O–H groups in total. The molecule has 5 heteroatoms. The molecular formula is C15H15Br2NO2. The molecule has 1 aliphatic rings. The summed E-state index contributed by atoms with van der Waals surface area (Å²) >= 11 is 7.07. The minimum atomic E-state index is 0.0532. The minimum Gasteiger partial charge on any atom is -0.493 e. The highest BCUT2D eigenvalue weighted by Gasteiger charge is 2.26. The zero-order valence-corrected chi connectivity index (χ0v) is 14.3. The summed E-state index contributed by atoms with van der Waals surface area (Å²) < 4.78 is 13.1. The number of hydrogen-bond acceptors (Lipinski definition) is 3. The molecule has 2 aromatic rings. The van der Waals surface area contributed by atoms with E-state index in [9.17, 15) is 0 Å². The molecule has 1 aromatic heterocycles. The Morgan fingerprint density at radius 1 is 1.30 bits per heavy atom. The van der Waals surface area contributed by atoms with Crippen LogP contribution in [0.4, 0.5) is 0 Å². The molecule has 2 heterocycles. The summed E-state index contributed by atoms with van der Waals surface area (Å²) in [6.45, 7) is 3.72. The molecule has 0 saturated carbocycles. The van der Waals surface area contributed by atoms with E-state index in [1.807, 2.05) is 6.07 Å². The maximum Gasteiger partial charge on any atom is 0.174 e. The highest BCUT2D eigenvalue weighted by Crippen LogP contribution is 2.40. The molecule has 0 fully saturated rings. The average Bonchev–Trinajstić information content (AvgIpc) is 3.04. The van der Waals surface area contributed by atoms with E-state index >= 15 is 0 Å². The van der Waals surface area contributed by atoms with Crippen LogP contribution in [0.3, 0.4) is 0 Å². The first-order chi connectivity index (χ1) is 9.70. The SMILES string of the molecule is CCNC(c1ccoc1Br)c1cc(Br)cc2c1OCC2. The molecule has 106 valence electrons. The Morgan fingerprint density at radius 3 is 2.85 bits per heavy atom. The number of hydrogen-bond donors (Lipinski definition) is 1. The van der Waals surface area contributed by atoms with Crippen molar-refractivity contribution in [2.24, 2.45) is 0 Å². The second-order valence-electron chi connectivity index (χ2n) is 4.72. The van der Waals surface area contributed by atoms with Crippen LogP contribution in [0.25, 0.3) is 0 Å². The first-order valence-electron chi connectivity index (χ1n) is 6.62. The van der Waals surface area contributed by atoms with Crippen molar-refractivity contribution in [3.63, 3.8) is 0 Å². The lowest BCUT2D eigenvalue weighted by Crippen LogP contribution is -2.22. The number of nitrogens with one attached hydrogen (secondary N) is 1. The predicted octanol–water partition coefficient (Wildman–Crippen LogP) is 4.44. The summed E-state index contributed by atoms with van der Waals surface area (Å²) in [4.78, 5) is 0. The number of rotatable bonds is 4. The Balaban J connectivity index is 2.11. The molecule has 0 spiro atoms. The van der Waals surface area contributed by atoms with E-state index in [0.29, 0.717) is 0 Å². The third kappa shape index (κ3) is 2.54. The van der Waals surface area contributed by atoms with E-state index in [4.69, 9.17) is 9.15 Å². The van der Waals surface area contributed by atoms with Crippen LogP contribution in [-0.2, 0) is 6.42 Å². The standard InChI is InChI=1S/C15H15Br2NO2/c1-2-18-13(11-4-6-20-15(11)17)12-8-10(16)7-9-3-5-19-14(9)12/h4,6-8,13,18H,2-3,5H2,1H3. The topological polar surface area (TPSA) is 34.4 Å². The van der Waals surface area contributed by atoms with Gasteiger partial charge in [-0.25, -0.2) is 0 Å². The lowest BCUT2D eigenvalue weighted by atomic mass is 9.97. The monoisotopic (exact) mass is 399 g/mol. The van der Waals surface area contributed by atoms with Crippen molar-refractivity contribution in [3.05, 3.63) is 50.3 Å². The second-order valence-corrected chi connectivity index (χ2v) is 6.36. The van der Waals surface area contributed by atoms with Crippen molar-refractivity contribution in [3.8, 4) is 5.75 Å². The van der Waals surface area contributed by atoms with Crippen molar-refractivity contribution in [1.29, 1.82) is 0 Å². The Labute approximate surface area is 135 Å². The first-order valence-corrected chi connectivity index (χ1v) is 8.20. The summed E-state index contributed by atoms with van der Waals surface area (Å²) in [6.07, 6.45) is 2.66. The van der Waals surface area contributed by atoms with Gasteiger partial charge in [0.1, 0.15) is 5.75 Å². The summed E-state index contributed by atoms with van der Waals surface area (Å²) in [5, 5.41) is 3.51. The van der Waals surface area contributed by atoms with Gasteiger partial charge in [-0.2, -0.15) is 0 Å². The number of fused-ring (bicyclic) bond motifs is 1. The van der Waals surface area contributed by atoms with Gasteiger partial charge in [-0.05, 0) is 46.2 Å². The van der Waals surface area contributed by atoms with Crippen molar-refractivity contribution in [1.82, 2.24) is 5.32 Å². The van der Waals surface area contributed by atoms with Gasteiger partial charge in [0.15, 0.2) is 4.67 Å². The fraction of sp³-hybridized carbons (Fsp3) is 0.333. The van der Waals surface area contributed by atoms with Gasteiger partial charge < -0.3 is 14.5 Å². The fourth-order valence-electron chi connectivity index (χ4n) is 2.61. The Hall–Kier alpha value is -0.780. The lowest BCUT2D eigenvalue weighted by Gasteiger charge is -2.20. The van der Waals surface area contributed by atoms with Crippen molar-refractivity contribution in [2.45, 2.75) is 19.4 Å². The van der Waals surface area contributed by atoms with Crippen molar-refractivity contribution in [2.75, 3.05) is 13.2 Å². The van der Waals surface area contributed by atoms with Crippen LogP contribution in [0.2, 0.25) is 0 Å². The molecule has 20 heavy (non-hydrogen) atoms. The molecule has 0 radical (unpaired) electrons. The maximum absolute atomic E-state index is 5.84. The van der Waals surface area contributed by atoms with E-state index < -0.39 is 0 Å². The van der Waals surface area contributed by atoms with E-state index in [2.05, 4.69) is 56.2 Å². The third-order valence-electron chi connectivity index (χ3n) is 3.45. The van der Waals surface area contributed by atoms with Crippen molar-refractivity contribution < 1.29 is 9.15 Å². The molecule has 1 aromatic carbocycles. The summed E-state index contributed by atoms with van der Waals surface area (Å²) in [5.74, 6) is 1.01. The molecule has 3 nitrogen and oxygen atoms in total. The molecule has 0 amide bonds. The summed E-state index contributed by atoms with van der Waals surface area (Å²) in [5.41, 5.74) is 3.50. The van der Waals surface area contributed by atoms with Gasteiger partial charge in [-0.15, -0.1) is 0 Å². The highest BCUT2D eigenvalue weighted by molar-refractivity contribution is 9.10. The van der Waals surface area contributed by atoms with Gasteiger partial charge >= 0.3 is 0 Å². The zero-order chi connectivity index (χ0) is 14.1. The quantitative estimate of drug-likeness (QED) is 0.823. The van der Waals surface area contributed by atoms with E-state index in [-0.39, 0.29) is 6.04 Å². The van der Waals surface area contributed by atoms with Crippen LogP contribution < -0.4 is 10.1 Å². The van der Waals surface area contributed by atoms with Crippen LogP contribution in [0.5, 0.6) is 5.75 Å². The van der Waals surface area contributed by atoms with Gasteiger partial charge in [0.2, 0.25) is 0 Å². The normalized spacial score (nSPS) is 14.9. The van der Waals surface area contributed by atoms with Gasteiger partial charge in [0, 0.05) is 22.0 Å². The number of ether oxygens (including phenoxy) is 1. The fourth-order valence-corrected chi connectivity index (χ4v) is 3.61. The summed E-state index contributed by atoms with van der Waals surface area (Å²) in [7, 11) is 0. The van der Waals surface area contributed by atoms with Gasteiger partial charge in [0.25, 0.3) is 0 Å². The number of benzene rings is 1. The molecular weight excluding hydrogens is 386 g/mol. The van der Waals surface area contributed by atoms with Crippen LogP contribution in [0.15, 0.2) is 38.0 Å². The molecule has 1 atom stereocenters. The van der Waals surface area contributed by atoms with Gasteiger partial charge in [0.05, 0.1) is 18.9 Å². The first kappa shape index (κ1) is 14.2. The molecule has 0 aliphatic carbocycles. The molecule has 3 rings (SSSR count). The van der Waals surface area contributed by atoms with Crippen LogP contribution in [0.1, 0.15) is 29.7 Å². The zero-order valence-electron chi connectivity index (χ0n) is 11.1. The molecule has 1 unspecified atom stereocenters. The van der Waals surface area contributed by atoms with E-state index in [1.54, 1.807) is 6.26 Å². The van der Waals surface area contributed by atoms with Crippen LogP contribution in [0, 0.1) is 0 Å². The maximum atomic E-state index is 5.84. The third-order valence-corrected chi connectivity index (χ3v) is 4.56. The smallest absolute Gasteiger partial charge is 0.174 e. The van der Waals surface area contributed by atoms with Gasteiger partial charge in [-0.3, -0.25) is 0 Å². The lowest BCUT2D eigenvalue weighted by molar-refractivity contribution is 0.350. The van der Waals surface area contributed by atoms with E-state index in [1.165, 1.54) is 5.56 Å². The van der Waals surface area contributed by atoms with Crippen molar-refractivity contribution >= 4 is 31.9 Å². The Kier molecular flexibility index (Phi) is 4.19. The minimum absolute atomic E-state index is 0.0532. The molecule has 1 aliphatic heterocycles. The Bertz CT molecular complexity index is 624. The predicted molar refractivity (Wildman–Crippen MR) is 85.3 cm³/mol. The second kappa shape index (κ2) is 5.92.